The van der Waals surface area contributed by atoms with E-state index in [1.54, 1.807) is 11.8 Å². The number of hydrogen-bond acceptors (Lipinski definition) is 3. The first-order valence-electron chi connectivity index (χ1n) is 5.13. The summed E-state index contributed by atoms with van der Waals surface area (Å²) in [5, 5.41) is 13.1. The van der Waals surface area contributed by atoms with Crippen LogP contribution in [0, 0.1) is 0 Å². The largest absolute Gasteiger partial charge is 0.476 e. The number of nitrogens with zero attached hydrogens (tertiary/aromatic N) is 2. The third-order valence-electron chi connectivity index (χ3n) is 2.61. The molecule has 1 N–H and O–H groups in total. The number of carboxylic acid groups (broad SMARTS) is 1. The lowest BCUT2D eigenvalue weighted by Crippen LogP contribution is -2.09. The van der Waals surface area contributed by atoms with E-state index in [1.165, 1.54) is 0 Å². The quantitative estimate of drug-likeness (QED) is 0.898. The smallest absolute Gasteiger partial charge is 0.357 e. The molecule has 1 saturated carbocycles. The third kappa shape index (κ3) is 2.12. The zero-order valence-electron chi connectivity index (χ0n) is 8.94. The maximum absolute atomic E-state index is 11.0. The average molecular weight is 289 g/mol. The molecule has 1 aliphatic carbocycles. The first-order valence-corrected chi connectivity index (χ1v) is 5.93. The lowest BCUT2D eigenvalue weighted by Gasteiger charge is -2.05. The standard InChI is InChI=1S/C10H13BrN2O3/c1-16-5-4-13-9(6-2-3-6)7(11)8(12-13)10(14)15/h6H,2-5H2,1H3,(H,14,15). The molecule has 0 atom stereocenters. The van der Waals surface area contributed by atoms with E-state index in [0.717, 1.165) is 18.5 Å². The van der Waals surface area contributed by atoms with Gasteiger partial charge in [-0.05, 0) is 28.8 Å². The minimum absolute atomic E-state index is 0.0954. The molecule has 1 heterocycles. The third-order valence-corrected chi connectivity index (χ3v) is 3.39. The Labute approximate surface area is 102 Å². The predicted molar refractivity (Wildman–Crippen MR) is 60.7 cm³/mol. The van der Waals surface area contributed by atoms with Crippen LogP contribution in [-0.4, -0.2) is 34.6 Å². The molecule has 0 radical (unpaired) electrons. The van der Waals surface area contributed by atoms with Gasteiger partial charge in [-0.1, -0.05) is 0 Å². The molecule has 1 aliphatic rings. The van der Waals surface area contributed by atoms with Crippen molar-refractivity contribution in [1.82, 2.24) is 9.78 Å². The summed E-state index contributed by atoms with van der Waals surface area (Å²) in [6.45, 7) is 1.13. The molecule has 0 bridgehead atoms. The van der Waals surface area contributed by atoms with E-state index in [4.69, 9.17) is 9.84 Å². The van der Waals surface area contributed by atoms with E-state index >= 15 is 0 Å². The van der Waals surface area contributed by atoms with Gasteiger partial charge in [-0.3, -0.25) is 4.68 Å². The maximum atomic E-state index is 11.0. The van der Waals surface area contributed by atoms with Gasteiger partial charge in [0.05, 0.1) is 23.3 Å². The van der Waals surface area contributed by atoms with Gasteiger partial charge in [0.15, 0.2) is 5.69 Å². The van der Waals surface area contributed by atoms with E-state index in [1.807, 2.05) is 0 Å². The Balaban J connectivity index is 2.33. The number of aromatic carboxylic acids is 1. The number of methoxy groups -OCH3 is 1. The molecule has 0 aliphatic heterocycles. The fraction of sp³-hybridized carbons (Fsp3) is 0.600. The van der Waals surface area contributed by atoms with Gasteiger partial charge >= 0.3 is 5.97 Å². The van der Waals surface area contributed by atoms with Crippen molar-refractivity contribution >= 4 is 21.9 Å². The Morgan fingerprint density at radius 2 is 2.38 bits per heavy atom. The summed E-state index contributed by atoms with van der Waals surface area (Å²) in [5.41, 5.74) is 1.09. The molecule has 6 heteroatoms. The van der Waals surface area contributed by atoms with Crippen molar-refractivity contribution < 1.29 is 14.6 Å². The van der Waals surface area contributed by atoms with Crippen molar-refractivity contribution in [3.63, 3.8) is 0 Å². The Kier molecular flexibility index (Phi) is 3.30. The molecular weight excluding hydrogens is 276 g/mol. The van der Waals surface area contributed by atoms with Crippen LogP contribution in [0.25, 0.3) is 0 Å². The van der Waals surface area contributed by atoms with Crippen molar-refractivity contribution in [3.8, 4) is 0 Å². The second kappa shape index (κ2) is 4.55. The highest BCUT2D eigenvalue weighted by Gasteiger charge is 2.32. The predicted octanol–water partition coefficient (Wildman–Crippen LogP) is 1.87. The van der Waals surface area contributed by atoms with Gasteiger partial charge in [-0.2, -0.15) is 5.10 Å². The molecule has 0 spiro atoms. The molecule has 0 saturated heterocycles. The number of hydrogen-bond donors (Lipinski definition) is 1. The summed E-state index contributed by atoms with van der Waals surface area (Å²) in [7, 11) is 1.62. The summed E-state index contributed by atoms with van der Waals surface area (Å²) >= 11 is 3.33. The SMILES string of the molecule is COCCn1nc(C(=O)O)c(Br)c1C1CC1. The number of rotatable bonds is 5. The van der Waals surface area contributed by atoms with Gasteiger partial charge in [0.1, 0.15) is 0 Å². The molecule has 5 nitrogen and oxygen atoms in total. The van der Waals surface area contributed by atoms with E-state index in [0.29, 0.717) is 23.5 Å². The maximum Gasteiger partial charge on any atom is 0.357 e. The highest BCUT2D eigenvalue weighted by molar-refractivity contribution is 9.10. The lowest BCUT2D eigenvalue weighted by molar-refractivity contribution is 0.0688. The highest BCUT2D eigenvalue weighted by atomic mass is 79.9. The fourth-order valence-electron chi connectivity index (χ4n) is 1.68. The number of carboxylic acids is 1. The van der Waals surface area contributed by atoms with Crippen LogP contribution in [0.1, 0.15) is 34.9 Å². The van der Waals surface area contributed by atoms with E-state index in [2.05, 4.69) is 21.0 Å². The number of carbonyl (C=O) groups is 1. The van der Waals surface area contributed by atoms with Crippen molar-refractivity contribution in [2.75, 3.05) is 13.7 Å². The van der Waals surface area contributed by atoms with E-state index in [9.17, 15) is 4.79 Å². The molecule has 1 aromatic rings. The molecule has 2 rings (SSSR count). The van der Waals surface area contributed by atoms with Gasteiger partial charge in [-0.15, -0.1) is 0 Å². The second-order valence-corrected chi connectivity index (χ2v) is 4.64. The zero-order chi connectivity index (χ0) is 11.7. The summed E-state index contributed by atoms with van der Waals surface area (Å²) in [4.78, 5) is 11.0. The van der Waals surface area contributed by atoms with Crippen LogP contribution in [0.3, 0.4) is 0 Å². The Bertz CT molecular complexity index is 412. The number of aromatic nitrogens is 2. The first kappa shape index (κ1) is 11.6. The molecule has 1 fully saturated rings. The minimum Gasteiger partial charge on any atom is -0.476 e. The summed E-state index contributed by atoms with van der Waals surface area (Å²) < 4.78 is 7.36. The fourth-order valence-corrected chi connectivity index (χ4v) is 2.46. The topological polar surface area (TPSA) is 64.4 Å². The molecule has 0 unspecified atom stereocenters. The van der Waals surface area contributed by atoms with Crippen LogP contribution < -0.4 is 0 Å². The second-order valence-electron chi connectivity index (χ2n) is 3.84. The highest BCUT2D eigenvalue weighted by Crippen LogP contribution is 2.44. The van der Waals surface area contributed by atoms with Crippen LogP contribution in [0.15, 0.2) is 4.47 Å². The molecule has 88 valence electrons. The number of halogens is 1. The van der Waals surface area contributed by atoms with Gasteiger partial charge in [0.25, 0.3) is 0 Å². The summed E-state index contributed by atoms with van der Waals surface area (Å²) in [6.07, 6.45) is 2.21. The van der Waals surface area contributed by atoms with Crippen LogP contribution >= 0.6 is 15.9 Å². The van der Waals surface area contributed by atoms with Crippen LogP contribution in [-0.2, 0) is 11.3 Å². The number of ether oxygens (including phenoxy) is 1. The Morgan fingerprint density at radius 3 is 2.88 bits per heavy atom. The van der Waals surface area contributed by atoms with Crippen molar-refractivity contribution in [2.24, 2.45) is 0 Å². The minimum atomic E-state index is -0.995. The van der Waals surface area contributed by atoms with Gasteiger partial charge in [-0.25, -0.2) is 4.79 Å². The Morgan fingerprint density at radius 1 is 1.69 bits per heavy atom. The van der Waals surface area contributed by atoms with Crippen LogP contribution in [0.4, 0.5) is 0 Å². The monoisotopic (exact) mass is 288 g/mol. The molecule has 0 aromatic carbocycles. The average Bonchev–Trinajstić information content (AvgIpc) is 3.00. The lowest BCUT2D eigenvalue weighted by atomic mass is 10.2. The first-order chi connectivity index (χ1) is 7.65. The van der Waals surface area contributed by atoms with Gasteiger partial charge in [0, 0.05) is 13.0 Å². The molecule has 0 amide bonds. The normalized spacial score (nSPS) is 15.4. The van der Waals surface area contributed by atoms with Crippen molar-refractivity contribution in [3.05, 3.63) is 15.9 Å². The van der Waals surface area contributed by atoms with Crippen molar-refractivity contribution in [2.45, 2.75) is 25.3 Å². The Hall–Kier alpha value is -0.880. The summed E-state index contributed by atoms with van der Waals surface area (Å²) in [6, 6.07) is 0. The van der Waals surface area contributed by atoms with Crippen molar-refractivity contribution in [1.29, 1.82) is 0 Å². The van der Waals surface area contributed by atoms with E-state index in [-0.39, 0.29) is 5.69 Å². The molecule has 16 heavy (non-hydrogen) atoms. The zero-order valence-corrected chi connectivity index (χ0v) is 10.5. The summed E-state index contributed by atoms with van der Waals surface area (Å²) in [5.74, 6) is -0.545. The van der Waals surface area contributed by atoms with Gasteiger partial charge < -0.3 is 9.84 Å². The van der Waals surface area contributed by atoms with Gasteiger partial charge in [0.2, 0.25) is 0 Å². The molecular formula is C10H13BrN2O3. The van der Waals surface area contributed by atoms with Crippen LogP contribution in [0.2, 0.25) is 0 Å². The van der Waals surface area contributed by atoms with Crippen LogP contribution in [0.5, 0.6) is 0 Å². The van der Waals surface area contributed by atoms with E-state index < -0.39 is 5.97 Å². The molecule has 1 aromatic heterocycles.